The van der Waals surface area contributed by atoms with E-state index in [2.05, 4.69) is 4.98 Å². The summed E-state index contributed by atoms with van der Waals surface area (Å²) in [5, 5.41) is 5.61. The molecule has 1 saturated carbocycles. The zero-order valence-electron chi connectivity index (χ0n) is 19.4. The molecule has 0 aliphatic heterocycles. The van der Waals surface area contributed by atoms with Crippen molar-refractivity contribution in [3.63, 3.8) is 0 Å². The lowest BCUT2D eigenvalue weighted by atomic mass is 9.87. The lowest BCUT2D eigenvalue weighted by molar-refractivity contribution is -0.112. The number of halogens is 1. The van der Waals surface area contributed by atoms with Gasteiger partial charge in [-0.3, -0.25) is 9.48 Å². The van der Waals surface area contributed by atoms with Crippen molar-refractivity contribution in [3.05, 3.63) is 47.9 Å². The Morgan fingerprint density at radius 3 is 2.61 bits per heavy atom. The molecule has 4 rings (SSSR count). The molecule has 1 aliphatic rings. The first-order chi connectivity index (χ1) is 15.7. The standard InChI is InChI=1S/C25H29FN4O3/c1-25(2,26)23-7-5-6-19(27-23)24(32)29(3)21-12-17-14-30(28-20(17)13-22(21)33-4)18-10-8-16(15-31)9-11-18/h5-7,12-16,18H,8-11H2,1-4H3/t16-,18-. The smallest absolute Gasteiger partial charge is 0.276 e. The summed E-state index contributed by atoms with van der Waals surface area (Å²) in [6, 6.07) is 8.71. The van der Waals surface area contributed by atoms with Crippen molar-refractivity contribution >= 4 is 28.8 Å². The SMILES string of the molecule is COc1cc2nn([C@H]3CC[C@H](C=O)CC3)cc2cc1N(C)C(=O)c1cccc(C(C)(C)F)n1. The fourth-order valence-corrected chi connectivity index (χ4v) is 4.34. The summed E-state index contributed by atoms with van der Waals surface area (Å²) in [5.74, 6) is 0.293. The van der Waals surface area contributed by atoms with Crippen molar-refractivity contribution in [1.82, 2.24) is 14.8 Å². The normalized spacial score (nSPS) is 18.8. The fourth-order valence-electron chi connectivity index (χ4n) is 4.34. The predicted octanol–water partition coefficient (Wildman–Crippen LogP) is 4.85. The minimum absolute atomic E-state index is 0.146. The molecule has 3 aromatic rings. The van der Waals surface area contributed by atoms with Crippen molar-refractivity contribution in [2.24, 2.45) is 5.92 Å². The van der Waals surface area contributed by atoms with E-state index in [0.29, 0.717) is 11.4 Å². The summed E-state index contributed by atoms with van der Waals surface area (Å²) in [6.45, 7) is 2.82. The predicted molar refractivity (Wildman–Crippen MR) is 124 cm³/mol. The minimum atomic E-state index is -1.65. The van der Waals surface area contributed by atoms with Crippen LogP contribution in [0.4, 0.5) is 10.1 Å². The van der Waals surface area contributed by atoms with Gasteiger partial charge < -0.3 is 14.4 Å². The molecular formula is C25H29FN4O3. The summed E-state index contributed by atoms with van der Waals surface area (Å²) in [7, 11) is 3.19. The van der Waals surface area contributed by atoms with Gasteiger partial charge in [-0.1, -0.05) is 6.07 Å². The molecule has 0 radical (unpaired) electrons. The molecule has 0 atom stereocenters. The zero-order valence-corrected chi connectivity index (χ0v) is 19.4. The maximum absolute atomic E-state index is 14.3. The summed E-state index contributed by atoms with van der Waals surface area (Å²) >= 11 is 0. The average Bonchev–Trinajstić information content (AvgIpc) is 3.25. The number of aldehydes is 1. The van der Waals surface area contributed by atoms with Crippen LogP contribution in [0.3, 0.4) is 0 Å². The molecule has 1 amide bonds. The van der Waals surface area contributed by atoms with Gasteiger partial charge >= 0.3 is 0 Å². The third kappa shape index (κ3) is 4.60. The Morgan fingerprint density at radius 2 is 1.97 bits per heavy atom. The topological polar surface area (TPSA) is 77.3 Å². The molecule has 0 unspecified atom stereocenters. The highest BCUT2D eigenvalue weighted by Gasteiger charge is 2.26. The van der Waals surface area contributed by atoms with Crippen LogP contribution in [0.1, 0.15) is 61.8 Å². The van der Waals surface area contributed by atoms with Crippen molar-refractivity contribution in [2.45, 2.75) is 51.2 Å². The molecule has 2 heterocycles. The largest absolute Gasteiger partial charge is 0.494 e. The number of nitrogens with zero attached hydrogens (tertiary/aromatic N) is 4. The number of carbonyl (C=O) groups excluding carboxylic acids is 2. The molecule has 8 heteroatoms. The number of methoxy groups -OCH3 is 1. The molecule has 1 fully saturated rings. The molecule has 1 aliphatic carbocycles. The summed E-state index contributed by atoms with van der Waals surface area (Å²) in [5.41, 5.74) is 0.0599. The van der Waals surface area contributed by atoms with Gasteiger partial charge in [-0.2, -0.15) is 5.10 Å². The Labute approximate surface area is 192 Å². The maximum Gasteiger partial charge on any atom is 0.276 e. The number of alkyl halides is 1. The van der Waals surface area contributed by atoms with Crippen LogP contribution in [-0.2, 0) is 10.5 Å². The first-order valence-corrected chi connectivity index (χ1v) is 11.2. The van der Waals surface area contributed by atoms with Crippen molar-refractivity contribution in [2.75, 3.05) is 19.1 Å². The van der Waals surface area contributed by atoms with Crippen molar-refractivity contribution < 1.29 is 18.7 Å². The Bertz CT molecular complexity index is 1180. The van der Waals surface area contributed by atoms with Crippen LogP contribution in [0.25, 0.3) is 10.9 Å². The number of anilines is 1. The van der Waals surface area contributed by atoms with Gasteiger partial charge in [-0.25, -0.2) is 9.37 Å². The second-order valence-corrected chi connectivity index (χ2v) is 9.14. The highest BCUT2D eigenvalue weighted by Crippen LogP contribution is 2.36. The Hall–Kier alpha value is -3.29. The molecule has 0 spiro atoms. The van der Waals surface area contributed by atoms with Crippen LogP contribution in [0.2, 0.25) is 0 Å². The van der Waals surface area contributed by atoms with E-state index in [-0.39, 0.29) is 29.3 Å². The minimum Gasteiger partial charge on any atom is -0.494 e. The number of amides is 1. The van der Waals surface area contributed by atoms with E-state index in [1.807, 2.05) is 23.0 Å². The second kappa shape index (κ2) is 8.92. The van der Waals surface area contributed by atoms with Crippen molar-refractivity contribution in [3.8, 4) is 5.75 Å². The number of carbonyl (C=O) groups is 2. The van der Waals surface area contributed by atoms with Gasteiger partial charge in [0.15, 0.2) is 0 Å². The van der Waals surface area contributed by atoms with E-state index >= 15 is 0 Å². The fraction of sp³-hybridized carbons (Fsp3) is 0.440. The van der Waals surface area contributed by atoms with Crippen LogP contribution in [-0.4, -0.2) is 41.1 Å². The van der Waals surface area contributed by atoms with Crippen molar-refractivity contribution in [1.29, 1.82) is 0 Å². The molecule has 0 saturated heterocycles. The Kier molecular flexibility index (Phi) is 6.19. The lowest BCUT2D eigenvalue weighted by Crippen LogP contribution is -2.28. The van der Waals surface area contributed by atoms with E-state index in [0.717, 1.165) is 42.9 Å². The summed E-state index contributed by atoms with van der Waals surface area (Å²) < 4.78 is 21.9. The number of aromatic nitrogens is 3. The quantitative estimate of drug-likeness (QED) is 0.500. The van der Waals surface area contributed by atoms with E-state index < -0.39 is 5.67 Å². The molecular weight excluding hydrogens is 423 g/mol. The maximum atomic E-state index is 14.3. The molecule has 33 heavy (non-hydrogen) atoms. The van der Waals surface area contributed by atoms with Gasteiger partial charge in [0.05, 0.1) is 30.0 Å². The highest BCUT2D eigenvalue weighted by atomic mass is 19.1. The monoisotopic (exact) mass is 452 g/mol. The molecule has 7 nitrogen and oxygen atoms in total. The second-order valence-electron chi connectivity index (χ2n) is 9.14. The molecule has 0 N–H and O–H groups in total. The molecule has 1 aromatic carbocycles. The number of ether oxygens (including phenoxy) is 1. The summed E-state index contributed by atoms with van der Waals surface area (Å²) in [4.78, 5) is 29.9. The van der Waals surface area contributed by atoms with Gasteiger partial charge in [-0.15, -0.1) is 0 Å². The van der Waals surface area contributed by atoms with Crippen LogP contribution < -0.4 is 9.64 Å². The van der Waals surface area contributed by atoms with E-state index in [1.54, 1.807) is 32.4 Å². The number of rotatable bonds is 6. The first kappa shape index (κ1) is 22.9. The first-order valence-electron chi connectivity index (χ1n) is 11.2. The van der Waals surface area contributed by atoms with Crippen LogP contribution in [0.15, 0.2) is 36.5 Å². The highest BCUT2D eigenvalue weighted by molar-refractivity contribution is 6.06. The molecule has 2 aromatic heterocycles. The number of hydrogen-bond acceptors (Lipinski definition) is 5. The molecule has 0 bridgehead atoms. The lowest BCUT2D eigenvalue weighted by Gasteiger charge is -2.25. The van der Waals surface area contributed by atoms with Crippen LogP contribution in [0, 0.1) is 5.92 Å². The van der Waals surface area contributed by atoms with Gasteiger partial charge in [0.2, 0.25) is 0 Å². The number of pyridine rings is 1. The average molecular weight is 453 g/mol. The third-order valence-corrected chi connectivity index (χ3v) is 6.37. The van der Waals surface area contributed by atoms with Crippen LogP contribution >= 0.6 is 0 Å². The number of benzene rings is 1. The Morgan fingerprint density at radius 1 is 1.24 bits per heavy atom. The Balaban J connectivity index is 1.64. The molecule has 174 valence electrons. The zero-order chi connectivity index (χ0) is 23.8. The number of hydrogen-bond donors (Lipinski definition) is 0. The van der Waals surface area contributed by atoms with Gasteiger partial charge in [0.25, 0.3) is 5.91 Å². The van der Waals surface area contributed by atoms with Gasteiger partial charge in [0.1, 0.15) is 23.4 Å². The third-order valence-electron chi connectivity index (χ3n) is 6.37. The number of fused-ring (bicyclic) bond motifs is 1. The van der Waals surface area contributed by atoms with Crippen LogP contribution in [0.5, 0.6) is 5.75 Å². The van der Waals surface area contributed by atoms with E-state index in [1.165, 1.54) is 18.7 Å². The summed E-state index contributed by atoms with van der Waals surface area (Å²) in [6.07, 6.45) is 6.60. The van der Waals surface area contributed by atoms with Gasteiger partial charge in [-0.05, 0) is 57.7 Å². The van der Waals surface area contributed by atoms with Gasteiger partial charge in [0, 0.05) is 30.6 Å². The van der Waals surface area contributed by atoms with E-state index in [4.69, 9.17) is 9.84 Å². The van der Waals surface area contributed by atoms with E-state index in [9.17, 15) is 14.0 Å².